The zero-order valence-electron chi connectivity index (χ0n) is 13.1. The molecule has 0 spiro atoms. The van der Waals surface area contributed by atoms with E-state index in [0.717, 1.165) is 23.8 Å². The molecule has 0 aliphatic rings. The van der Waals surface area contributed by atoms with Gasteiger partial charge in [0.1, 0.15) is 5.56 Å². The molecule has 0 aromatic heterocycles. The number of carbonyl (C=O) groups is 1. The number of non-ortho nitro benzene ring substituents is 1. The number of anilines is 1. The van der Waals surface area contributed by atoms with Crippen molar-refractivity contribution >= 4 is 23.0 Å². The highest BCUT2D eigenvalue weighted by atomic mass is 16.6. The van der Waals surface area contributed by atoms with Crippen LogP contribution in [0.1, 0.15) is 35.7 Å². The fourth-order valence-corrected chi connectivity index (χ4v) is 2.28. The van der Waals surface area contributed by atoms with Crippen molar-refractivity contribution in [3.05, 3.63) is 73.8 Å². The van der Waals surface area contributed by atoms with E-state index in [2.05, 4.69) is 5.32 Å². The van der Waals surface area contributed by atoms with Crippen molar-refractivity contribution in [3.8, 4) is 0 Å². The molecule has 1 amide bonds. The molecule has 0 unspecified atom stereocenters. The first-order chi connectivity index (χ1) is 11.3. The summed E-state index contributed by atoms with van der Waals surface area (Å²) in [7, 11) is 0. The van der Waals surface area contributed by atoms with E-state index in [4.69, 9.17) is 0 Å². The summed E-state index contributed by atoms with van der Waals surface area (Å²) in [6.07, 6.45) is 0. The molecule has 8 nitrogen and oxygen atoms in total. The molecule has 0 bridgehead atoms. The highest BCUT2D eigenvalue weighted by Gasteiger charge is 2.24. The quantitative estimate of drug-likeness (QED) is 0.660. The van der Waals surface area contributed by atoms with Crippen LogP contribution < -0.4 is 5.32 Å². The highest BCUT2D eigenvalue weighted by Crippen LogP contribution is 2.28. The zero-order chi connectivity index (χ0) is 17.9. The Hall–Kier alpha value is -3.29. The Morgan fingerprint density at radius 2 is 1.71 bits per heavy atom. The van der Waals surface area contributed by atoms with Gasteiger partial charge in [0.05, 0.1) is 15.9 Å². The fraction of sp³-hybridized carbons (Fsp3) is 0.188. The zero-order valence-corrected chi connectivity index (χ0v) is 13.1. The van der Waals surface area contributed by atoms with Crippen LogP contribution in [0.5, 0.6) is 0 Å². The molecule has 124 valence electrons. The second-order valence-electron chi connectivity index (χ2n) is 5.41. The molecular formula is C16H15N3O5. The van der Waals surface area contributed by atoms with Crippen molar-refractivity contribution < 1.29 is 14.6 Å². The van der Waals surface area contributed by atoms with Crippen molar-refractivity contribution in [2.45, 2.75) is 19.8 Å². The maximum Gasteiger partial charge on any atom is 0.289 e. The van der Waals surface area contributed by atoms with Gasteiger partial charge in [-0.25, -0.2) is 0 Å². The molecule has 0 saturated carbocycles. The van der Waals surface area contributed by atoms with E-state index in [1.165, 1.54) is 0 Å². The van der Waals surface area contributed by atoms with Gasteiger partial charge < -0.3 is 5.32 Å². The third-order valence-electron chi connectivity index (χ3n) is 3.46. The first-order valence-electron chi connectivity index (χ1n) is 7.14. The van der Waals surface area contributed by atoms with Gasteiger partial charge in [-0.05, 0) is 23.6 Å². The molecule has 8 heteroatoms. The summed E-state index contributed by atoms with van der Waals surface area (Å²) < 4.78 is 0. The summed E-state index contributed by atoms with van der Waals surface area (Å²) in [5.74, 6) is -0.543. The largest absolute Gasteiger partial charge is 0.322 e. The predicted molar refractivity (Wildman–Crippen MR) is 88.2 cm³/mol. The van der Waals surface area contributed by atoms with E-state index < -0.39 is 27.1 Å². The molecule has 2 aromatic carbocycles. The third-order valence-corrected chi connectivity index (χ3v) is 3.46. The van der Waals surface area contributed by atoms with Crippen LogP contribution in [0.3, 0.4) is 0 Å². The molecule has 24 heavy (non-hydrogen) atoms. The Morgan fingerprint density at radius 3 is 2.29 bits per heavy atom. The molecule has 2 rings (SSSR count). The van der Waals surface area contributed by atoms with Crippen LogP contribution in [0, 0.1) is 20.2 Å². The van der Waals surface area contributed by atoms with Gasteiger partial charge in [0.25, 0.3) is 17.3 Å². The van der Waals surface area contributed by atoms with Gasteiger partial charge in [-0.1, -0.05) is 32.0 Å². The smallest absolute Gasteiger partial charge is 0.289 e. The number of carbonyl (C=O) groups excluding carboxylic acids is 1. The molecular weight excluding hydrogens is 314 g/mol. The van der Waals surface area contributed by atoms with Gasteiger partial charge in [-0.3, -0.25) is 25.0 Å². The Morgan fingerprint density at radius 1 is 1.04 bits per heavy atom. The number of benzene rings is 2. The molecule has 0 atom stereocenters. The lowest BCUT2D eigenvalue weighted by molar-refractivity contribution is -0.394. The van der Waals surface area contributed by atoms with E-state index in [9.17, 15) is 25.0 Å². The summed E-state index contributed by atoms with van der Waals surface area (Å²) in [6.45, 7) is 3.92. The third kappa shape index (κ3) is 3.54. The van der Waals surface area contributed by atoms with Crippen molar-refractivity contribution in [1.82, 2.24) is 0 Å². The average Bonchev–Trinajstić information content (AvgIpc) is 2.54. The minimum absolute atomic E-state index is 0.147. The second-order valence-corrected chi connectivity index (χ2v) is 5.41. The van der Waals surface area contributed by atoms with Gasteiger partial charge in [0.15, 0.2) is 0 Å². The number of nitrogens with one attached hydrogen (secondary N) is 1. The maximum atomic E-state index is 12.4. The lowest BCUT2D eigenvalue weighted by Gasteiger charge is -2.13. The molecule has 0 heterocycles. The molecule has 2 aromatic rings. The Balaban J connectivity index is 2.40. The van der Waals surface area contributed by atoms with E-state index in [1.807, 2.05) is 26.0 Å². The van der Waals surface area contributed by atoms with Crippen LogP contribution in [-0.4, -0.2) is 15.8 Å². The summed E-state index contributed by atoms with van der Waals surface area (Å²) in [5.41, 5.74) is 0.147. The van der Waals surface area contributed by atoms with Gasteiger partial charge in [-0.15, -0.1) is 0 Å². The fourth-order valence-electron chi connectivity index (χ4n) is 2.28. The van der Waals surface area contributed by atoms with Crippen LogP contribution in [0.4, 0.5) is 17.1 Å². The Bertz CT molecular complexity index is 817. The standard InChI is InChI=1S/C16H15N3O5/c1-10(2)12-5-3-4-6-14(12)17-16(20)13-8-7-11(18(21)22)9-15(13)19(23)24/h3-10H,1-2H3,(H,17,20). The first-order valence-corrected chi connectivity index (χ1v) is 7.14. The number of rotatable bonds is 5. The number of nitro groups is 2. The predicted octanol–water partition coefficient (Wildman–Crippen LogP) is 3.88. The topological polar surface area (TPSA) is 115 Å². The van der Waals surface area contributed by atoms with Gasteiger partial charge in [0, 0.05) is 11.8 Å². The normalized spacial score (nSPS) is 10.5. The molecule has 0 fully saturated rings. The Labute approximate surface area is 137 Å². The van der Waals surface area contributed by atoms with Crippen LogP contribution in [0.25, 0.3) is 0 Å². The molecule has 1 N–H and O–H groups in total. The van der Waals surface area contributed by atoms with E-state index >= 15 is 0 Å². The van der Waals surface area contributed by atoms with Crippen LogP contribution in [-0.2, 0) is 0 Å². The number of nitro benzene ring substituents is 2. The minimum atomic E-state index is -0.809. The highest BCUT2D eigenvalue weighted by molar-refractivity contribution is 6.07. The number of hydrogen-bond acceptors (Lipinski definition) is 5. The van der Waals surface area contributed by atoms with Crippen LogP contribution in [0.15, 0.2) is 42.5 Å². The van der Waals surface area contributed by atoms with E-state index in [1.54, 1.807) is 12.1 Å². The number of amides is 1. The Kier molecular flexibility index (Phi) is 4.88. The molecule has 0 radical (unpaired) electrons. The van der Waals surface area contributed by atoms with Crippen LogP contribution in [0.2, 0.25) is 0 Å². The lowest BCUT2D eigenvalue weighted by Crippen LogP contribution is -2.15. The molecule has 0 aliphatic carbocycles. The van der Waals surface area contributed by atoms with Gasteiger partial charge in [0.2, 0.25) is 0 Å². The van der Waals surface area contributed by atoms with Crippen molar-refractivity contribution in [2.75, 3.05) is 5.32 Å². The summed E-state index contributed by atoms with van der Waals surface area (Å²) in [6, 6.07) is 10.1. The number of hydrogen-bond donors (Lipinski definition) is 1. The first kappa shape index (κ1) is 17.1. The van der Waals surface area contributed by atoms with Gasteiger partial charge >= 0.3 is 0 Å². The van der Waals surface area contributed by atoms with Gasteiger partial charge in [-0.2, -0.15) is 0 Å². The summed E-state index contributed by atoms with van der Waals surface area (Å²) in [5, 5.41) is 24.5. The number of para-hydroxylation sites is 1. The number of nitrogens with zero attached hydrogens (tertiary/aromatic N) is 2. The van der Waals surface area contributed by atoms with E-state index in [0.29, 0.717) is 5.69 Å². The van der Waals surface area contributed by atoms with Crippen molar-refractivity contribution in [3.63, 3.8) is 0 Å². The summed E-state index contributed by atoms with van der Waals surface area (Å²) in [4.78, 5) is 32.7. The maximum absolute atomic E-state index is 12.4. The average molecular weight is 329 g/mol. The van der Waals surface area contributed by atoms with Crippen LogP contribution >= 0.6 is 0 Å². The van der Waals surface area contributed by atoms with Crippen molar-refractivity contribution in [1.29, 1.82) is 0 Å². The monoisotopic (exact) mass is 329 g/mol. The lowest BCUT2D eigenvalue weighted by atomic mass is 10.0. The summed E-state index contributed by atoms with van der Waals surface area (Å²) >= 11 is 0. The minimum Gasteiger partial charge on any atom is -0.322 e. The van der Waals surface area contributed by atoms with Crippen molar-refractivity contribution in [2.24, 2.45) is 0 Å². The molecule has 0 saturated heterocycles. The SMILES string of the molecule is CC(C)c1ccccc1NC(=O)c1ccc([N+](=O)[O-])cc1[N+](=O)[O-]. The van der Waals surface area contributed by atoms with E-state index in [-0.39, 0.29) is 11.5 Å². The second kappa shape index (κ2) is 6.86. The molecule has 0 aliphatic heterocycles.